The number of hydrogen-bond donors (Lipinski definition) is 0. The summed E-state index contributed by atoms with van der Waals surface area (Å²) in [5, 5.41) is 1.07. The molecule has 1 aliphatic rings. The number of para-hydroxylation sites is 1. The van der Waals surface area contributed by atoms with Gasteiger partial charge in [0.1, 0.15) is 5.69 Å². The van der Waals surface area contributed by atoms with Gasteiger partial charge in [0.25, 0.3) is 5.91 Å². The Hall–Kier alpha value is -2.80. The molecule has 1 atom stereocenters. The Balaban J connectivity index is 1.37. The average molecular weight is 381 g/mol. The Morgan fingerprint density at radius 1 is 1.19 bits per heavy atom. The number of carbonyl (C=O) groups is 2. The maximum Gasteiger partial charge on any atom is 0.357 e. The Morgan fingerprint density at radius 2 is 2.04 bits per heavy atom. The summed E-state index contributed by atoms with van der Waals surface area (Å²) in [5.74, 6) is -0.527. The molecular formula is C20H19N3O3S. The lowest BCUT2D eigenvalue weighted by Crippen LogP contribution is -2.41. The molecule has 0 bridgehead atoms. The van der Waals surface area contributed by atoms with Gasteiger partial charge in [-0.15, -0.1) is 11.3 Å². The van der Waals surface area contributed by atoms with Crippen molar-refractivity contribution in [2.45, 2.75) is 18.8 Å². The maximum absolute atomic E-state index is 12.5. The van der Waals surface area contributed by atoms with Crippen LogP contribution in [0.1, 0.15) is 34.3 Å². The highest BCUT2D eigenvalue weighted by molar-refractivity contribution is 7.18. The number of nitrogens with zero attached hydrogens (tertiary/aromatic N) is 3. The van der Waals surface area contributed by atoms with Crippen molar-refractivity contribution in [2.75, 3.05) is 19.7 Å². The predicted molar refractivity (Wildman–Crippen MR) is 103 cm³/mol. The first-order valence-corrected chi connectivity index (χ1v) is 9.74. The van der Waals surface area contributed by atoms with E-state index in [1.165, 1.54) is 10.9 Å². The molecule has 0 unspecified atom stereocenters. The molecule has 1 aliphatic heterocycles. The molecule has 1 aromatic carbocycles. The Labute approximate surface area is 160 Å². The summed E-state index contributed by atoms with van der Waals surface area (Å²) < 4.78 is 6.29. The Kier molecular flexibility index (Phi) is 5.11. The molecule has 1 saturated heterocycles. The van der Waals surface area contributed by atoms with Gasteiger partial charge in [-0.1, -0.05) is 18.2 Å². The molecule has 0 radical (unpaired) electrons. The number of thiazole rings is 1. The van der Waals surface area contributed by atoms with Crippen LogP contribution in [0.4, 0.5) is 0 Å². The van der Waals surface area contributed by atoms with Gasteiger partial charge in [-0.2, -0.15) is 0 Å². The third kappa shape index (κ3) is 3.98. The number of aromatic nitrogens is 2. The number of pyridine rings is 1. The van der Waals surface area contributed by atoms with Crippen molar-refractivity contribution in [1.29, 1.82) is 0 Å². The van der Waals surface area contributed by atoms with E-state index in [1.54, 1.807) is 34.4 Å². The average Bonchev–Trinajstić information content (AvgIpc) is 3.17. The minimum Gasteiger partial charge on any atom is -0.451 e. The van der Waals surface area contributed by atoms with Crippen molar-refractivity contribution in [1.82, 2.24) is 14.9 Å². The monoisotopic (exact) mass is 381 g/mol. The molecule has 2 aromatic heterocycles. The quantitative estimate of drug-likeness (QED) is 0.649. The summed E-state index contributed by atoms with van der Waals surface area (Å²) in [6, 6.07) is 13.1. The lowest BCUT2D eigenvalue weighted by molar-refractivity contribution is -0.135. The normalized spacial score (nSPS) is 17.0. The summed E-state index contributed by atoms with van der Waals surface area (Å²) in [5.41, 5.74) is 1.21. The molecule has 6 nitrogen and oxygen atoms in total. The number of hydrogen-bond acceptors (Lipinski definition) is 6. The molecule has 7 heteroatoms. The topological polar surface area (TPSA) is 72.4 Å². The maximum atomic E-state index is 12.5. The van der Waals surface area contributed by atoms with Crippen LogP contribution in [0.25, 0.3) is 10.2 Å². The molecule has 27 heavy (non-hydrogen) atoms. The van der Waals surface area contributed by atoms with Crippen LogP contribution in [-0.4, -0.2) is 46.4 Å². The molecule has 138 valence electrons. The van der Waals surface area contributed by atoms with E-state index in [0.29, 0.717) is 13.1 Å². The number of ether oxygens (including phenoxy) is 1. The van der Waals surface area contributed by atoms with Crippen molar-refractivity contribution in [3.8, 4) is 0 Å². The summed E-state index contributed by atoms with van der Waals surface area (Å²) in [4.78, 5) is 34.9. The van der Waals surface area contributed by atoms with E-state index in [1.807, 2.05) is 18.2 Å². The number of piperidine rings is 1. The fraction of sp³-hybridized carbons (Fsp3) is 0.300. The Bertz CT molecular complexity index is 924. The van der Waals surface area contributed by atoms with Crippen LogP contribution in [0, 0.1) is 0 Å². The highest BCUT2D eigenvalue weighted by Gasteiger charge is 2.27. The van der Waals surface area contributed by atoms with Crippen molar-refractivity contribution in [3.63, 3.8) is 0 Å². The zero-order valence-corrected chi connectivity index (χ0v) is 15.5. The van der Waals surface area contributed by atoms with E-state index < -0.39 is 5.97 Å². The van der Waals surface area contributed by atoms with Gasteiger partial charge in [-0.25, -0.2) is 14.8 Å². The van der Waals surface area contributed by atoms with Crippen LogP contribution in [-0.2, 0) is 9.53 Å². The predicted octanol–water partition coefficient (Wildman–Crippen LogP) is 3.25. The first-order chi connectivity index (χ1) is 13.2. The van der Waals surface area contributed by atoms with Crippen LogP contribution in [0.2, 0.25) is 0 Å². The largest absolute Gasteiger partial charge is 0.451 e. The van der Waals surface area contributed by atoms with E-state index in [-0.39, 0.29) is 24.1 Å². The number of fused-ring (bicyclic) bond motifs is 1. The molecule has 1 fully saturated rings. The van der Waals surface area contributed by atoms with Gasteiger partial charge in [-0.05, 0) is 37.1 Å². The van der Waals surface area contributed by atoms with Crippen molar-refractivity contribution in [2.24, 2.45) is 0 Å². The van der Waals surface area contributed by atoms with Gasteiger partial charge in [0.2, 0.25) is 0 Å². The van der Waals surface area contributed by atoms with E-state index in [9.17, 15) is 9.59 Å². The highest BCUT2D eigenvalue weighted by Crippen LogP contribution is 2.32. The lowest BCUT2D eigenvalue weighted by atomic mass is 9.99. The number of likely N-dealkylation sites (tertiary alicyclic amines) is 1. The van der Waals surface area contributed by atoms with E-state index in [0.717, 1.165) is 23.4 Å². The van der Waals surface area contributed by atoms with Gasteiger partial charge in [0, 0.05) is 25.2 Å². The second-order valence-electron chi connectivity index (χ2n) is 6.49. The van der Waals surface area contributed by atoms with Crippen LogP contribution in [0.3, 0.4) is 0 Å². The Morgan fingerprint density at radius 3 is 2.85 bits per heavy atom. The van der Waals surface area contributed by atoms with Crippen LogP contribution in [0.15, 0.2) is 48.7 Å². The SMILES string of the molecule is O=C(OCC(=O)N1CCC[C@H](c2nc3ccccc3s2)C1)c1ccccn1. The van der Waals surface area contributed by atoms with Crippen molar-refractivity contribution in [3.05, 3.63) is 59.4 Å². The van der Waals surface area contributed by atoms with Crippen LogP contribution in [0.5, 0.6) is 0 Å². The molecule has 3 aromatic rings. The summed E-state index contributed by atoms with van der Waals surface area (Å²) in [7, 11) is 0. The number of amides is 1. The zero-order valence-electron chi connectivity index (χ0n) is 14.7. The smallest absolute Gasteiger partial charge is 0.357 e. The highest BCUT2D eigenvalue weighted by atomic mass is 32.1. The van der Waals surface area contributed by atoms with E-state index in [2.05, 4.69) is 11.1 Å². The van der Waals surface area contributed by atoms with Crippen LogP contribution < -0.4 is 0 Å². The third-order valence-corrected chi connectivity index (χ3v) is 5.83. The first-order valence-electron chi connectivity index (χ1n) is 8.92. The van der Waals surface area contributed by atoms with Crippen molar-refractivity contribution >= 4 is 33.4 Å². The molecule has 1 amide bonds. The summed E-state index contributed by atoms with van der Waals surface area (Å²) in [6.45, 7) is 1.03. The fourth-order valence-electron chi connectivity index (χ4n) is 3.25. The first kappa shape index (κ1) is 17.6. The second kappa shape index (κ2) is 7.84. The van der Waals surface area contributed by atoms with E-state index in [4.69, 9.17) is 9.72 Å². The molecule has 4 rings (SSSR count). The summed E-state index contributed by atoms with van der Waals surface area (Å²) >= 11 is 1.69. The van der Waals surface area contributed by atoms with Gasteiger partial charge >= 0.3 is 5.97 Å². The molecular weight excluding hydrogens is 362 g/mol. The minimum absolute atomic E-state index is 0.176. The van der Waals surface area contributed by atoms with Gasteiger partial charge in [-0.3, -0.25) is 4.79 Å². The summed E-state index contributed by atoms with van der Waals surface area (Å²) in [6.07, 6.45) is 3.45. The molecule has 3 heterocycles. The standard InChI is InChI=1S/C20H19N3O3S/c24-18(13-26-20(25)16-8-3-4-10-21-16)23-11-5-6-14(12-23)19-22-15-7-1-2-9-17(15)27-19/h1-4,7-10,14H,5-6,11-13H2/t14-/m0/s1. The molecule has 0 spiro atoms. The zero-order chi connectivity index (χ0) is 18.6. The van der Waals surface area contributed by atoms with Gasteiger partial charge in [0.05, 0.1) is 15.2 Å². The van der Waals surface area contributed by atoms with Gasteiger partial charge < -0.3 is 9.64 Å². The van der Waals surface area contributed by atoms with Gasteiger partial charge in [0.15, 0.2) is 6.61 Å². The van der Waals surface area contributed by atoms with E-state index >= 15 is 0 Å². The fourth-order valence-corrected chi connectivity index (χ4v) is 4.34. The molecule has 0 saturated carbocycles. The third-order valence-electron chi connectivity index (χ3n) is 4.63. The number of esters is 1. The number of rotatable bonds is 4. The minimum atomic E-state index is -0.580. The van der Waals surface area contributed by atoms with Crippen molar-refractivity contribution < 1.29 is 14.3 Å². The van der Waals surface area contributed by atoms with Crippen LogP contribution >= 0.6 is 11.3 Å². The number of benzene rings is 1. The second-order valence-corrected chi connectivity index (χ2v) is 7.55. The number of carbonyl (C=O) groups excluding carboxylic acids is 2. The molecule has 0 aliphatic carbocycles. The molecule has 0 N–H and O–H groups in total. The lowest BCUT2D eigenvalue weighted by Gasteiger charge is -2.31.